The number of alkyl halides is 3. The van der Waals surface area contributed by atoms with Gasteiger partial charge in [-0.25, -0.2) is 0 Å². The van der Waals surface area contributed by atoms with E-state index in [4.69, 9.17) is 27.2 Å². The Kier molecular flexibility index (Phi) is 4.54. The van der Waals surface area contributed by atoms with Crippen LogP contribution >= 0.6 is 11.6 Å². The van der Waals surface area contributed by atoms with Crippen molar-refractivity contribution >= 4 is 17.6 Å². The van der Waals surface area contributed by atoms with Gasteiger partial charge in [-0.15, -0.1) is 6.42 Å². The van der Waals surface area contributed by atoms with Crippen LogP contribution in [0.4, 0.5) is 13.2 Å². The average Bonchev–Trinajstić information content (AvgIpc) is 2.83. The van der Waals surface area contributed by atoms with Crippen molar-refractivity contribution in [1.29, 1.82) is 0 Å². The van der Waals surface area contributed by atoms with Crippen LogP contribution in [0.3, 0.4) is 0 Å². The lowest BCUT2D eigenvalue weighted by atomic mass is 10.1. The van der Waals surface area contributed by atoms with Gasteiger partial charge in [-0.1, -0.05) is 31.5 Å². The van der Waals surface area contributed by atoms with Crippen molar-refractivity contribution in [2.45, 2.75) is 26.6 Å². The van der Waals surface area contributed by atoms with Crippen LogP contribution in [0.15, 0.2) is 27.7 Å². The summed E-state index contributed by atoms with van der Waals surface area (Å²) in [6.45, 7) is 3.24. The second-order valence-corrected chi connectivity index (χ2v) is 6.26. The summed E-state index contributed by atoms with van der Waals surface area (Å²) >= 11 is 5.23. The van der Waals surface area contributed by atoms with Crippen molar-refractivity contribution < 1.29 is 27.1 Å². The van der Waals surface area contributed by atoms with Crippen LogP contribution in [0.25, 0.3) is 0 Å². The first kappa shape index (κ1) is 17.5. The summed E-state index contributed by atoms with van der Waals surface area (Å²) in [6, 6.07) is 3.12. The summed E-state index contributed by atoms with van der Waals surface area (Å²) in [4.78, 5) is 12.1. The van der Waals surface area contributed by atoms with Crippen LogP contribution in [-0.2, 0) is 16.1 Å². The minimum Gasteiger partial charge on any atom is -0.457 e. The van der Waals surface area contributed by atoms with Gasteiger partial charge in [0.15, 0.2) is 5.76 Å². The summed E-state index contributed by atoms with van der Waals surface area (Å²) in [6.07, 6.45) is 1.41. The molecule has 1 aliphatic carbocycles. The highest BCUT2D eigenvalue weighted by molar-refractivity contribution is 6.30. The molecule has 3 nitrogen and oxygen atoms in total. The first-order valence-corrected chi connectivity index (χ1v) is 7.11. The first-order valence-electron chi connectivity index (χ1n) is 6.74. The molecule has 23 heavy (non-hydrogen) atoms. The number of allylic oxidation sites excluding steroid dienone is 2. The van der Waals surface area contributed by atoms with Crippen LogP contribution in [0.1, 0.15) is 25.4 Å². The number of rotatable bonds is 4. The average molecular weight is 347 g/mol. The molecule has 0 saturated heterocycles. The fourth-order valence-corrected chi connectivity index (χ4v) is 2.59. The molecule has 1 aromatic heterocycles. The van der Waals surface area contributed by atoms with Crippen molar-refractivity contribution in [3.63, 3.8) is 0 Å². The molecule has 7 heteroatoms. The molecule has 0 aliphatic heterocycles. The lowest BCUT2D eigenvalue weighted by Crippen LogP contribution is -2.10. The first-order chi connectivity index (χ1) is 10.6. The molecule has 0 bridgehead atoms. The van der Waals surface area contributed by atoms with E-state index in [0.717, 1.165) is 6.08 Å². The van der Waals surface area contributed by atoms with Gasteiger partial charge in [0.1, 0.15) is 17.4 Å². The minimum absolute atomic E-state index is 0.128. The van der Waals surface area contributed by atoms with Gasteiger partial charge in [0, 0.05) is 0 Å². The number of hydrogen-bond acceptors (Lipinski definition) is 3. The maximum atomic E-state index is 12.5. The van der Waals surface area contributed by atoms with Gasteiger partial charge in [0.25, 0.3) is 0 Å². The van der Waals surface area contributed by atoms with Crippen molar-refractivity contribution in [3.05, 3.63) is 34.8 Å². The summed E-state index contributed by atoms with van der Waals surface area (Å²) in [5.41, 5.74) is -0.643. The minimum atomic E-state index is -4.62. The second kappa shape index (κ2) is 5.97. The largest absolute Gasteiger partial charge is 0.457 e. The van der Waals surface area contributed by atoms with Gasteiger partial charge in [-0.2, -0.15) is 13.2 Å². The van der Waals surface area contributed by atoms with Crippen LogP contribution in [0.2, 0.25) is 0 Å². The van der Waals surface area contributed by atoms with Crippen molar-refractivity contribution in [1.82, 2.24) is 0 Å². The lowest BCUT2D eigenvalue weighted by molar-refractivity contribution is -0.148. The zero-order valence-corrected chi connectivity index (χ0v) is 13.2. The maximum absolute atomic E-state index is 12.5. The second-order valence-electron chi connectivity index (χ2n) is 5.86. The molecule has 2 atom stereocenters. The molecular weight excluding hydrogens is 333 g/mol. The third-order valence-corrected chi connectivity index (χ3v) is 4.26. The third-order valence-electron chi connectivity index (χ3n) is 3.92. The van der Waals surface area contributed by atoms with Gasteiger partial charge in [0.05, 0.1) is 5.92 Å². The van der Waals surface area contributed by atoms with Gasteiger partial charge < -0.3 is 9.15 Å². The lowest BCUT2D eigenvalue weighted by Gasteiger charge is -2.04. The van der Waals surface area contributed by atoms with Gasteiger partial charge in [-0.05, 0) is 29.4 Å². The molecule has 1 aromatic rings. The van der Waals surface area contributed by atoms with E-state index >= 15 is 0 Å². The summed E-state index contributed by atoms with van der Waals surface area (Å²) in [5, 5.41) is -1.23. The number of ether oxygens (including phenoxy) is 1. The molecule has 124 valence electrons. The third kappa shape index (κ3) is 3.73. The molecule has 0 unspecified atom stereocenters. The van der Waals surface area contributed by atoms with E-state index in [1.54, 1.807) is 26.0 Å². The Morgan fingerprint density at radius 3 is 2.70 bits per heavy atom. The highest BCUT2D eigenvalue weighted by Gasteiger charge is 2.62. The van der Waals surface area contributed by atoms with Crippen LogP contribution in [-0.4, -0.2) is 12.1 Å². The number of halogens is 4. The fourth-order valence-electron chi connectivity index (χ4n) is 2.46. The van der Waals surface area contributed by atoms with E-state index in [1.807, 2.05) is 0 Å². The van der Waals surface area contributed by atoms with E-state index in [0.29, 0.717) is 11.5 Å². The van der Waals surface area contributed by atoms with E-state index in [2.05, 4.69) is 5.92 Å². The molecule has 1 saturated carbocycles. The molecular formula is C16H14ClF3O3. The van der Waals surface area contributed by atoms with Crippen molar-refractivity contribution in [3.8, 4) is 12.3 Å². The Morgan fingerprint density at radius 2 is 2.17 bits per heavy atom. The van der Waals surface area contributed by atoms with Crippen molar-refractivity contribution in [2.24, 2.45) is 17.3 Å². The number of carbonyl (C=O) groups excluding carboxylic acids is 1. The number of furan rings is 1. The number of hydrogen-bond donors (Lipinski definition) is 0. The predicted molar refractivity (Wildman–Crippen MR) is 77.2 cm³/mol. The van der Waals surface area contributed by atoms with Gasteiger partial charge in [0.2, 0.25) is 0 Å². The number of esters is 1. The van der Waals surface area contributed by atoms with Crippen LogP contribution in [0.5, 0.6) is 0 Å². The Labute approximate surface area is 136 Å². The molecule has 0 radical (unpaired) electrons. The smallest absolute Gasteiger partial charge is 0.426 e. The van der Waals surface area contributed by atoms with E-state index in [9.17, 15) is 18.0 Å². The Morgan fingerprint density at radius 1 is 1.52 bits per heavy atom. The molecule has 0 N–H and O–H groups in total. The number of terminal acetylenes is 1. The zero-order valence-electron chi connectivity index (χ0n) is 12.4. The summed E-state index contributed by atoms with van der Waals surface area (Å²) in [5.74, 6) is 1.06. The molecule has 0 amide bonds. The molecule has 0 spiro atoms. The topological polar surface area (TPSA) is 39.4 Å². The number of carbonyl (C=O) groups is 1. The Bertz CT molecular complexity index is 679. The standard InChI is InChI=1S/C16H14ClF3O3/c1-4-9-5-6-10(23-9)8-22-14(21)13-11(15(13,2)3)7-12(17)16(18,19)20/h1,5-7,11,13H,8H2,2-3H3/b12-7-/t11-,13-/m0/s1. The van der Waals surface area contributed by atoms with Crippen molar-refractivity contribution in [2.75, 3.05) is 0 Å². The normalized spacial score (nSPS) is 23.3. The summed E-state index contributed by atoms with van der Waals surface area (Å²) in [7, 11) is 0. The maximum Gasteiger partial charge on any atom is 0.426 e. The Hall–Kier alpha value is -1.87. The highest BCUT2D eigenvalue weighted by Crippen LogP contribution is 2.60. The molecule has 2 rings (SSSR count). The Balaban J connectivity index is 1.99. The highest BCUT2D eigenvalue weighted by atomic mass is 35.5. The predicted octanol–water partition coefficient (Wildman–Crippen LogP) is 4.26. The van der Waals surface area contributed by atoms with Crippen LogP contribution in [0, 0.1) is 29.6 Å². The van der Waals surface area contributed by atoms with E-state index < -0.39 is 34.4 Å². The molecule has 1 aliphatic rings. The molecule has 0 aromatic carbocycles. The van der Waals surface area contributed by atoms with Gasteiger partial charge >= 0.3 is 12.1 Å². The monoisotopic (exact) mass is 346 g/mol. The summed E-state index contributed by atoms with van der Waals surface area (Å²) < 4.78 is 47.7. The zero-order chi connectivity index (χ0) is 17.4. The fraction of sp³-hybridized carbons (Fsp3) is 0.438. The van der Waals surface area contributed by atoms with Gasteiger partial charge in [-0.3, -0.25) is 4.79 Å². The van der Waals surface area contributed by atoms with E-state index in [1.165, 1.54) is 0 Å². The van der Waals surface area contributed by atoms with E-state index in [-0.39, 0.29) is 6.61 Å². The van der Waals surface area contributed by atoms with Crippen LogP contribution < -0.4 is 0 Å². The molecule has 1 fully saturated rings. The SMILES string of the molecule is C#Cc1ccc(COC(=O)[C@@H]2[C@H](/C=C(\Cl)C(F)(F)F)C2(C)C)o1. The quantitative estimate of drug-likeness (QED) is 0.604. The molecule has 1 heterocycles.